The summed E-state index contributed by atoms with van der Waals surface area (Å²) in [5.41, 5.74) is 1.51. The van der Waals surface area contributed by atoms with Crippen molar-refractivity contribution >= 4 is 11.7 Å². The molecule has 1 N–H and O–H groups in total. The molecule has 1 aromatic rings. The average Bonchev–Trinajstić information content (AvgIpc) is 2.78. The highest BCUT2D eigenvalue weighted by Gasteiger charge is 2.28. The van der Waals surface area contributed by atoms with Gasteiger partial charge in [0.05, 0.1) is 11.8 Å². The number of rotatable bonds is 4. The van der Waals surface area contributed by atoms with Gasteiger partial charge in [-0.15, -0.1) is 0 Å². The number of nitrogens with zero attached hydrogens (tertiary/aromatic N) is 1. The van der Waals surface area contributed by atoms with Crippen LogP contribution in [0.1, 0.15) is 25.8 Å². The highest BCUT2D eigenvalue weighted by Crippen LogP contribution is 2.20. The smallest absolute Gasteiger partial charge is 0.348 e. The van der Waals surface area contributed by atoms with Gasteiger partial charge in [-0.1, -0.05) is 5.16 Å². The summed E-state index contributed by atoms with van der Waals surface area (Å²) < 4.78 is 5.53. The molecule has 0 bridgehead atoms. The highest BCUT2D eigenvalue weighted by atomic mass is 16.7. The van der Waals surface area contributed by atoms with Gasteiger partial charge >= 0.3 is 5.97 Å². The summed E-state index contributed by atoms with van der Waals surface area (Å²) in [4.78, 5) is 15.6. The predicted molar refractivity (Wildman–Crippen MR) is 65.9 cm³/mol. The number of hydrogen-bond donors (Lipinski definition) is 1. The molecule has 1 aromatic carbocycles. The van der Waals surface area contributed by atoms with Crippen molar-refractivity contribution in [3.8, 4) is 5.75 Å². The molecule has 2 rings (SSSR count). The molecule has 0 aliphatic carbocycles. The van der Waals surface area contributed by atoms with Crippen LogP contribution in [0, 0.1) is 0 Å². The summed E-state index contributed by atoms with van der Waals surface area (Å²) in [6.07, 6.45) is -0.453. The lowest BCUT2D eigenvalue weighted by molar-refractivity contribution is -0.148. The number of benzene rings is 1. The van der Waals surface area contributed by atoms with Gasteiger partial charge in [-0.2, -0.15) is 0 Å². The first-order chi connectivity index (χ1) is 8.56. The molecule has 1 atom stereocenters. The fourth-order valence-electron chi connectivity index (χ4n) is 1.68. The molecule has 0 spiro atoms. The second-order valence-electron chi connectivity index (χ2n) is 4.37. The van der Waals surface area contributed by atoms with Crippen molar-refractivity contribution < 1.29 is 19.5 Å². The van der Waals surface area contributed by atoms with Gasteiger partial charge < -0.3 is 14.7 Å². The Kier molecular flexibility index (Phi) is 3.50. The van der Waals surface area contributed by atoms with E-state index in [1.807, 2.05) is 38.1 Å². The Morgan fingerprint density at radius 1 is 1.44 bits per heavy atom. The first-order valence-electron chi connectivity index (χ1n) is 5.79. The number of aliphatic carboxylic acids is 1. The van der Waals surface area contributed by atoms with E-state index >= 15 is 0 Å². The Hall–Kier alpha value is -2.04. The van der Waals surface area contributed by atoms with Gasteiger partial charge in [-0.3, -0.25) is 0 Å². The molecule has 5 nitrogen and oxygen atoms in total. The van der Waals surface area contributed by atoms with Gasteiger partial charge in [-0.05, 0) is 43.7 Å². The number of hydrogen-bond acceptors (Lipinski definition) is 4. The topological polar surface area (TPSA) is 68.1 Å². The van der Waals surface area contributed by atoms with Crippen LogP contribution in [0.15, 0.2) is 29.4 Å². The molecular weight excluding hydrogens is 234 g/mol. The van der Waals surface area contributed by atoms with Crippen LogP contribution in [0.4, 0.5) is 0 Å². The third kappa shape index (κ3) is 2.80. The van der Waals surface area contributed by atoms with Crippen LogP contribution in [0.25, 0.3) is 0 Å². The van der Waals surface area contributed by atoms with Crippen molar-refractivity contribution in [1.29, 1.82) is 0 Å². The third-order valence-corrected chi connectivity index (χ3v) is 2.50. The number of carboxylic acids is 1. The zero-order valence-electron chi connectivity index (χ0n) is 10.3. The summed E-state index contributed by atoms with van der Waals surface area (Å²) in [6.45, 7) is 3.92. The van der Waals surface area contributed by atoms with E-state index in [1.54, 1.807) is 0 Å². The fraction of sp³-hybridized carbons (Fsp3) is 0.385. The summed E-state index contributed by atoms with van der Waals surface area (Å²) in [5, 5.41) is 12.6. The van der Waals surface area contributed by atoms with Gasteiger partial charge in [0.2, 0.25) is 6.10 Å². The number of oxime groups is 1. The van der Waals surface area contributed by atoms with Crippen LogP contribution in [0.5, 0.6) is 5.75 Å². The maximum Gasteiger partial charge on any atom is 0.348 e. The van der Waals surface area contributed by atoms with E-state index in [9.17, 15) is 4.79 Å². The molecule has 0 saturated carbocycles. The molecule has 0 saturated heterocycles. The monoisotopic (exact) mass is 249 g/mol. The van der Waals surface area contributed by atoms with E-state index in [0.717, 1.165) is 11.3 Å². The van der Waals surface area contributed by atoms with Crippen molar-refractivity contribution in [3.05, 3.63) is 29.8 Å². The minimum Gasteiger partial charge on any atom is -0.491 e. The maximum absolute atomic E-state index is 10.7. The van der Waals surface area contributed by atoms with Gasteiger partial charge in [-0.25, -0.2) is 4.79 Å². The SMILES string of the molecule is CC(C)Oc1ccc(C2=NOC(C(=O)O)C2)cc1. The zero-order chi connectivity index (χ0) is 13.1. The molecule has 0 radical (unpaired) electrons. The Labute approximate surface area is 105 Å². The van der Waals surface area contributed by atoms with E-state index < -0.39 is 12.1 Å². The second-order valence-corrected chi connectivity index (χ2v) is 4.37. The summed E-state index contributed by atoms with van der Waals surface area (Å²) >= 11 is 0. The van der Waals surface area contributed by atoms with E-state index in [2.05, 4.69) is 5.16 Å². The first kappa shape index (κ1) is 12.4. The van der Waals surface area contributed by atoms with Crippen LogP contribution in [0.3, 0.4) is 0 Å². The van der Waals surface area contributed by atoms with Crippen molar-refractivity contribution in [3.63, 3.8) is 0 Å². The Bertz CT molecular complexity index is 464. The molecule has 1 unspecified atom stereocenters. The predicted octanol–water partition coefficient (Wildman–Crippen LogP) is 2.05. The second kappa shape index (κ2) is 5.08. The van der Waals surface area contributed by atoms with Crippen LogP contribution in [-0.4, -0.2) is 29.0 Å². The molecule has 5 heteroatoms. The van der Waals surface area contributed by atoms with Crippen LogP contribution in [0.2, 0.25) is 0 Å². The standard InChI is InChI=1S/C13H15NO4/c1-8(2)17-10-5-3-9(4-6-10)11-7-12(13(15)16)18-14-11/h3-6,8,12H,7H2,1-2H3,(H,15,16). The highest BCUT2D eigenvalue weighted by molar-refractivity contribution is 6.03. The maximum atomic E-state index is 10.7. The van der Waals surface area contributed by atoms with Gasteiger partial charge in [0, 0.05) is 6.42 Å². The minimum atomic E-state index is -0.992. The van der Waals surface area contributed by atoms with E-state index in [4.69, 9.17) is 14.7 Å². The third-order valence-electron chi connectivity index (χ3n) is 2.50. The van der Waals surface area contributed by atoms with Crippen molar-refractivity contribution in [2.75, 3.05) is 0 Å². The summed E-state index contributed by atoms with van der Waals surface area (Å²) in [7, 11) is 0. The zero-order valence-corrected chi connectivity index (χ0v) is 10.3. The van der Waals surface area contributed by atoms with Gasteiger partial charge in [0.1, 0.15) is 5.75 Å². The van der Waals surface area contributed by atoms with Crippen molar-refractivity contribution in [1.82, 2.24) is 0 Å². The minimum absolute atomic E-state index is 0.124. The lowest BCUT2D eigenvalue weighted by atomic mass is 10.1. The molecule has 1 aliphatic heterocycles. The quantitative estimate of drug-likeness (QED) is 0.886. The molecule has 1 aliphatic rings. The fourth-order valence-corrected chi connectivity index (χ4v) is 1.68. The number of carbonyl (C=O) groups is 1. The largest absolute Gasteiger partial charge is 0.491 e. The van der Waals surface area contributed by atoms with Crippen LogP contribution < -0.4 is 4.74 Å². The van der Waals surface area contributed by atoms with E-state index in [-0.39, 0.29) is 6.10 Å². The molecule has 0 aromatic heterocycles. The number of ether oxygens (including phenoxy) is 1. The normalized spacial score (nSPS) is 18.4. The molecule has 0 fully saturated rings. The number of carboxylic acid groups (broad SMARTS) is 1. The Morgan fingerprint density at radius 2 is 2.11 bits per heavy atom. The van der Waals surface area contributed by atoms with Crippen LogP contribution >= 0.6 is 0 Å². The molecule has 96 valence electrons. The summed E-state index contributed by atoms with van der Waals surface area (Å²) in [5.74, 6) is -0.212. The van der Waals surface area contributed by atoms with Crippen molar-refractivity contribution in [2.45, 2.75) is 32.5 Å². The summed E-state index contributed by atoms with van der Waals surface area (Å²) in [6, 6.07) is 7.38. The molecule has 1 heterocycles. The molecule has 0 amide bonds. The lowest BCUT2D eigenvalue weighted by Gasteiger charge is -2.09. The van der Waals surface area contributed by atoms with E-state index in [0.29, 0.717) is 12.1 Å². The molecule has 18 heavy (non-hydrogen) atoms. The first-order valence-corrected chi connectivity index (χ1v) is 5.79. The average molecular weight is 249 g/mol. The van der Waals surface area contributed by atoms with Gasteiger partial charge in [0.25, 0.3) is 0 Å². The van der Waals surface area contributed by atoms with Gasteiger partial charge in [0.15, 0.2) is 0 Å². The Morgan fingerprint density at radius 3 is 2.61 bits per heavy atom. The Balaban J connectivity index is 2.05. The van der Waals surface area contributed by atoms with Crippen molar-refractivity contribution in [2.24, 2.45) is 5.16 Å². The van der Waals surface area contributed by atoms with E-state index in [1.165, 1.54) is 0 Å². The van der Waals surface area contributed by atoms with Crippen LogP contribution in [-0.2, 0) is 9.63 Å². The molecular formula is C13H15NO4. The lowest BCUT2D eigenvalue weighted by Crippen LogP contribution is -2.19.